The Labute approximate surface area is 57.4 Å². The normalized spacial score (nSPS) is 9.44. The lowest BCUT2D eigenvalue weighted by Crippen LogP contribution is -1.85. The van der Waals surface area contributed by atoms with Crippen LogP contribution in [0.3, 0.4) is 0 Å². The van der Waals surface area contributed by atoms with Crippen molar-refractivity contribution in [1.82, 2.24) is 9.97 Å². The molecule has 0 saturated carbocycles. The van der Waals surface area contributed by atoms with Gasteiger partial charge in [-0.15, -0.1) is 0 Å². The van der Waals surface area contributed by atoms with Gasteiger partial charge in [0.1, 0.15) is 10.5 Å². The van der Waals surface area contributed by atoms with Gasteiger partial charge in [-0.25, -0.2) is 4.98 Å². The first-order valence-corrected chi connectivity index (χ1v) is 2.86. The summed E-state index contributed by atoms with van der Waals surface area (Å²) in [6.45, 7) is 1.77. The molecule has 0 aliphatic rings. The molecule has 0 amide bonds. The summed E-state index contributed by atoms with van der Waals surface area (Å²) in [5.74, 6) is 0.730. The van der Waals surface area contributed by atoms with E-state index in [-0.39, 0.29) is 5.75 Å². The van der Waals surface area contributed by atoms with Crippen LogP contribution in [0.5, 0.6) is 5.75 Å². The SMILES string of the molecule is Cc1ncc(O)c(=S)[nH]1. The van der Waals surface area contributed by atoms with Crippen LogP contribution in [-0.2, 0) is 0 Å². The maximum Gasteiger partial charge on any atom is 0.169 e. The molecule has 1 heterocycles. The van der Waals surface area contributed by atoms with Gasteiger partial charge in [0.05, 0.1) is 6.20 Å². The minimum atomic E-state index is 0.0237. The number of aromatic hydroxyl groups is 1. The van der Waals surface area contributed by atoms with Gasteiger partial charge in [0.2, 0.25) is 0 Å². The zero-order valence-electron chi connectivity index (χ0n) is 4.88. The Morgan fingerprint density at radius 3 is 2.89 bits per heavy atom. The zero-order chi connectivity index (χ0) is 6.85. The van der Waals surface area contributed by atoms with E-state index < -0.39 is 0 Å². The molecule has 0 atom stereocenters. The van der Waals surface area contributed by atoms with E-state index in [2.05, 4.69) is 9.97 Å². The van der Waals surface area contributed by atoms with E-state index in [4.69, 9.17) is 17.3 Å². The first kappa shape index (κ1) is 6.22. The Hall–Kier alpha value is -0.900. The molecule has 48 valence electrons. The Bertz CT molecular complexity index is 268. The predicted molar refractivity (Wildman–Crippen MR) is 35.8 cm³/mol. The summed E-state index contributed by atoms with van der Waals surface area (Å²) in [6, 6.07) is 0. The molecule has 0 bridgehead atoms. The first-order valence-electron chi connectivity index (χ1n) is 2.45. The molecule has 0 saturated heterocycles. The van der Waals surface area contributed by atoms with Crippen LogP contribution < -0.4 is 0 Å². The second kappa shape index (κ2) is 2.14. The molecule has 0 unspecified atom stereocenters. The van der Waals surface area contributed by atoms with E-state index >= 15 is 0 Å². The maximum absolute atomic E-state index is 8.85. The largest absolute Gasteiger partial charge is 0.504 e. The van der Waals surface area contributed by atoms with E-state index in [1.165, 1.54) is 6.20 Å². The quantitative estimate of drug-likeness (QED) is 0.534. The van der Waals surface area contributed by atoms with Gasteiger partial charge in [-0.1, -0.05) is 12.2 Å². The Kier molecular flexibility index (Phi) is 1.48. The van der Waals surface area contributed by atoms with Crippen LogP contribution in [0.2, 0.25) is 0 Å². The average molecular weight is 142 g/mol. The summed E-state index contributed by atoms with van der Waals surface area (Å²) < 4.78 is 0.336. The van der Waals surface area contributed by atoms with Crippen molar-refractivity contribution in [3.8, 4) is 5.75 Å². The molecule has 0 aliphatic carbocycles. The molecule has 1 aromatic rings. The van der Waals surface area contributed by atoms with Crippen LogP contribution in [0.1, 0.15) is 5.82 Å². The highest BCUT2D eigenvalue weighted by Crippen LogP contribution is 2.04. The molecule has 0 radical (unpaired) electrons. The van der Waals surface area contributed by atoms with Crippen molar-refractivity contribution in [2.24, 2.45) is 0 Å². The van der Waals surface area contributed by atoms with Gasteiger partial charge < -0.3 is 10.1 Å². The number of aryl methyl sites for hydroxylation is 1. The van der Waals surface area contributed by atoms with E-state index in [0.717, 1.165) is 0 Å². The van der Waals surface area contributed by atoms with Crippen molar-refractivity contribution < 1.29 is 5.11 Å². The second-order valence-corrected chi connectivity index (χ2v) is 2.09. The van der Waals surface area contributed by atoms with Crippen molar-refractivity contribution in [2.45, 2.75) is 6.92 Å². The summed E-state index contributed by atoms with van der Waals surface area (Å²) in [5, 5.41) is 8.85. The summed E-state index contributed by atoms with van der Waals surface area (Å²) in [7, 11) is 0. The molecule has 4 heteroatoms. The Morgan fingerprint density at radius 2 is 2.44 bits per heavy atom. The van der Waals surface area contributed by atoms with Gasteiger partial charge in [0.15, 0.2) is 5.75 Å². The van der Waals surface area contributed by atoms with Crippen molar-refractivity contribution in [1.29, 1.82) is 0 Å². The minimum absolute atomic E-state index is 0.0237. The second-order valence-electron chi connectivity index (χ2n) is 1.68. The molecule has 0 aromatic carbocycles. The summed E-state index contributed by atoms with van der Waals surface area (Å²) >= 11 is 4.70. The number of H-pyrrole nitrogens is 1. The van der Waals surface area contributed by atoms with Crippen LogP contribution >= 0.6 is 12.2 Å². The number of nitrogens with one attached hydrogen (secondary N) is 1. The molecule has 3 nitrogen and oxygen atoms in total. The Balaban J connectivity index is 3.34. The third kappa shape index (κ3) is 1.26. The number of aromatic nitrogens is 2. The molecule has 0 aliphatic heterocycles. The highest BCUT2D eigenvalue weighted by molar-refractivity contribution is 7.71. The van der Waals surface area contributed by atoms with Crippen LogP contribution in [0.25, 0.3) is 0 Å². The highest BCUT2D eigenvalue weighted by atomic mass is 32.1. The van der Waals surface area contributed by atoms with Crippen LogP contribution in [0.4, 0.5) is 0 Å². The van der Waals surface area contributed by atoms with Gasteiger partial charge in [0.25, 0.3) is 0 Å². The molecule has 9 heavy (non-hydrogen) atoms. The molecule has 0 spiro atoms. The van der Waals surface area contributed by atoms with E-state index in [1.54, 1.807) is 6.92 Å². The topological polar surface area (TPSA) is 48.9 Å². The van der Waals surface area contributed by atoms with Gasteiger partial charge in [-0.05, 0) is 6.92 Å². The van der Waals surface area contributed by atoms with Crippen LogP contribution in [0.15, 0.2) is 6.20 Å². The fourth-order valence-corrected chi connectivity index (χ4v) is 0.678. The fourth-order valence-electron chi connectivity index (χ4n) is 0.477. The average Bonchev–Trinajstić information content (AvgIpc) is 1.80. The molecule has 0 fully saturated rings. The lowest BCUT2D eigenvalue weighted by Gasteiger charge is -1.91. The van der Waals surface area contributed by atoms with Gasteiger partial charge >= 0.3 is 0 Å². The number of nitrogens with zero attached hydrogens (tertiary/aromatic N) is 1. The lowest BCUT2D eigenvalue weighted by atomic mass is 10.6. The van der Waals surface area contributed by atoms with Crippen molar-refractivity contribution >= 4 is 12.2 Å². The number of hydrogen-bond acceptors (Lipinski definition) is 3. The monoisotopic (exact) mass is 142 g/mol. The summed E-state index contributed by atoms with van der Waals surface area (Å²) in [6.07, 6.45) is 1.33. The zero-order valence-corrected chi connectivity index (χ0v) is 5.70. The summed E-state index contributed by atoms with van der Waals surface area (Å²) in [5.41, 5.74) is 0. The number of rotatable bonds is 0. The smallest absolute Gasteiger partial charge is 0.169 e. The van der Waals surface area contributed by atoms with E-state index in [1.807, 2.05) is 0 Å². The maximum atomic E-state index is 8.85. The Morgan fingerprint density at radius 1 is 1.78 bits per heavy atom. The van der Waals surface area contributed by atoms with Gasteiger partial charge in [0, 0.05) is 0 Å². The first-order chi connectivity index (χ1) is 4.20. The third-order valence-electron chi connectivity index (χ3n) is 0.908. The van der Waals surface area contributed by atoms with Crippen LogP contribution in [-0.4, -0.2) is 15.1 Å². The van der Waals surface area contributed by atoms with Gasteiger partial charge in [-0.2, -0.15) is 0 Å². The molecular weight excluding hydrogens is 136 g/mol. The number of hydrogen-bond donors (Lipinski definition) is 2. The molecule has 2 N–H and O–H groups in total. The lowest BCUT2D eigenvalue weighted by molar-refractivity contribution is 0.466. The van der Waals surface area contributed by atoms with Crippen molar-refractivity contribution in [3.05, 3.63) is 16.7 Å². The molecule has 1 aromatic heterocycles. The molecular formula is C5H6N2OS. The third-order valence-corrected chi connectivity index (χ3v) is 1.22. The van der Waals surface area contributed by atoms with E-state index in [0.29, 0.717) is 10.5 Å². The highest BCUT2D eigenvalue weighted by Gasteiger charge is 1.89. The number of aromatic amines is 1. The standard InChI is InChI=1S/C5H6N2OS/c1-3-6-2-4(8)5(9)7-3/h2,8H,1H3,(H,6,7,9). The van der Waals surface area contributed by atoms with Crippen molar-refractivity contribution in [3.63, 3.8) is 0 Å². The van der Waals surface area contributed by atoms with Crippen LogP contribution in [0, 0.1) is 11.6 Å². The van der Waals surface area contributed by atoms with E-state index in [9.17, 15) is 0 Å². The van der Waals surface area contributed by atoms with Crippen molar-refractivity contribution in [2.75, 3.05) is 0 Å². The fraction of sp³-hybridized carbons (Fsp3) is 0.200. The minimum Gasteiger partial charge on any atom is -0.504 e. The molecule has 1 rings (SSSR count). The summed E-state index contributed by atoms with van der Waals surface area (Å²) in [4.78, 5) is 6.46. The predicted octanol–water partition coefficient (Wildman–Crippen LogP) is 1.15. The van der Waals surface area contributed by atoms with Gasteiger partial charge in [-0.3, -0.25) is 0 Å².